The SMILES string of the molecule is Nc1cccc2c1CN(CCC1CCCCC1)CC2. The first-order valence-electron chi connectivity index (χ1n) is 7.91. The molecule has 0 aromatic heterocycles. The first kappa shape index (κ1) is 13.0. The Morgan fingerprint density at radius 2 is 2.00 bits per heavy atom. The molecule has 0 atom stereocenters. The van der Waals surface area contributed by atoms with Crippen LogP contribution in [0.4, 0.5) is 5.69 Å². The highest BCUT2D eigenvalue weighted by Crippen LogP contribution is 2.28. The highest BCUT2D eigenvalue weighted by atomic mass is 15.1. The van der Waals surface area contributed by atoms with Gasteiger partial charge in [-0.2, -0.15) is 0 Å². The van der Waals surface area contributed by atoms with Crippen molar-refractivity contribution in [3.05, 3.63) is 29.3 Å². The maximum atomic E-state index is 6.12. The zero-order chi connectivity index (χ0) is 13.1. The lowest BCUT2D eigenvalue weighted by Crippen LogP contribution is -2.33. The number of benzene rings is 1. The van der Waals surface area contributed by atoms with Crippen LogP contribution >= 0.6 is 0 Å². The van der Waals surface area contributed by atoms with Crippen molar-refractivity contribution in [3.63, 3.8) is 0 Å². The van der Waals surface area contributed by atoms with Crippen LogP contribution < -0.4 is 5.73 Å². The molecule has 0 spiro atoms. The zero-order valence-corrected chi connectivity index (χ0v) is 11.9. The smallest absolute Gasteiger partial charge is 0.0362 e. The molecule has 1 fully saturated rings. The van der Waals surface area contributed by atoms with Crippen LogP contribution in [0.1, 0.15) is 49.7 Å². The van der Waals surface area contributed by atoms with Gasteiger partial charge in [-0.3, -0.25) is 4.90 Å². The van der Waals surface area contributed by atoms with Gasteiger partial charge in [0.2, 0.25) is 0 Å². The summed E-state index contributed by atoms with van der Waals surface area (Å²) in [5, 5.41) is 0. The molecule has 1 aromatic carbocycles. The molecule has 0 saturated heterocycles. The maximum Gasteiger partial charge on any atom is 0.0362 e. The van der Waals surface area contributed by atoms with E-state index >= 15 is 0 Å². The average molecular weight is 258 g/mol. The van der Waals surface area contributed by atoms with Gasteiger partial charge in [-0.05, 0) is 42.5 Å². The van der Waals surface area contributed by atoms with E-state index in [1.165, 1.54) is 69.2 Å². The Bertz CT molecular complexity index is 421. The van der Waals surface area contributed by atoms with Gasteiger partial charge in [-0.15, -0.1) is 0 Å². The van der Waals surface area contributed by atoms with Gasteiger partial charge in [0.15, 0.2) is 0 Å². The Labute approximate surface area is 117 Å². The molecule has 2 heteroatoms. The Morgan fingerprint density at radius 3 is 2.84 bits per heavy atom. The molecule has 0 unspecified atom stereocenters. The molecule has 3 rings (SSSR count). The third kappa shape index (κ3) is 3.11. The van der Waals surface area contributed by atoms with Crippen molar-refractivity contribution >= 4 is 5.69 Å². The van der Waals surface area contributed by atoms with Gasteiger partial charge >= 0.3 is 0 Å². The second kappa shape index (κ2) is 5.96. The third-order valence-corrected chi connectivity index (χ3v) is 4.97. The fourth-order valence-corrected chi connectivity index (χ4v) is 3.69. The summed E-state index contributed by atoms with van der Waals surface area (Å²) in [4.78, 5) is 2.60. The molecule has 1 aromatic rings. The number of fused-ring (bicyclic) bond motifs is 1. The van der Waals surface area contributed by atoms with Crippen molar-refractivity contribution in [2.75, 3.05) is 18.8 Å². The van der Waals surface area contributed by atoms with Crippen molar-refractivity contribution in [1.82, 2.24) is 4.90 Å². The topological polar surface area (TPSA) is 29.3 Å². The van der Waals surface area contributed by atoms with E-state index in [2.05, 4.69) is 17.0 Å². The van der Waals surface area contributed by atoms with Crippen LogP contribution in [0.3, 0.4) is 0 Å². The second-order valence-electron chi connectivity index (χ2n) is 6.30. The Balaban J connectivity index is 1.55. The van der Waals surface area contributed by atoms with E-state index < -0.39 is 0 Å². The Kier molecular flexibility index (Phi) is 4.07. The molecule has 1 heterocycles. The minimum absolute atomic E-state index is 0.986. The fourth-order valence-electron chi connectivity index (χ4n) is 3.69. The largest absolute Gasteiger partial charge is 0.398 e. The van der Waals surface area contributed by atoms with Gasteiger partial charge < -0.3 is 5.73 Å². The molecule has 2 nitrogen and oxygen atoms in total. The van der Waals surface area contributed by atoms with Crippen LogP contribution in [-0.2, 0) is 13.0 Å². The normalized spacial score (nSPS) is 21.3. The standard InChI is InChI=1S/C17H26N2/c18-17-8-4-7-15-10-12-19(13-16(15)17)11-9-14-5-2-1-3-6-14/h4,7-8,14H,1-3,5-6,9-13,18H2. The molecule has 0 bridgehead atoms. The summed E-state index contributed by atoms with van der Waals surface area (Å²) < 4.78 is 0. The van der Waals surface area contributed by atoms with Crippen LogP contribution in [0, 0.1) is 5.92 Å². The minimum atomic E-state index is 0.986. The molecule has 19 heavy (non-hydrogen) atoms. The van der Waals surface area contributed by atoms with Crippen LogP contribution in [0.5, 0.6) is 0 Å². The van der Waals surface area contributed by atoms with Gasteiger partial charge in [0.25, 0.3) is 0 Å². The second-order valence-corrected chi connectivity index (χ2v) is 6.30. The molecule has 104 valence electrons. The minimum Gasteiger partial charge on any atom is -0.398 e. The van der Waals surface area contributed by atoms with Crippen LogP contribution in [0.15, 0.2) is 18.2 Å². The van der Waals surface area contributed by atoms with Crippen molar-refractivity contribution in [1.29, 1.82) is 0 Å². The maximum absolute atomic E-state index is 6.12. The van der Waals surface area contributed by atoms with Gasteiger partial charge in [0.05, 0.1) is 0 Å². The molecule has 1 saturated carbocycles. The summed E-state index contributed by atoms with van der Waals surface area (Å²) in [5.41, 5.74) is 9.95. The predicted molar refractivity (Wildman–Crippen MR) is 81.0 cm³/mol. The lowest BCUT2D eigenvalue weighted by molar-refractivity contribution is 0.218. The van der Waals surface area contributed by atoms with E-state index in [0.29, 0.717) is 0 Å². The number of hydrogen-bond donors (Lipinski definition) is 1. The summed E-state index contributed by atoms with van der Waals surface area (Å²) in [6.45, 7) is 3.54. The van der Waals surface area contributed by atoms with Crippen molar-refractivity contribution in [2.24, 2.45) is 5.92 Å². The number of hydrogen-bond acceptors (Lipinski definition) is 2. The summed E-state index contributed by atoms with van der Waals surface area (Å²) in [6.07, 6.45) is 9.87. The molecular formula is C17H26N2. The first-order valence-corrected chi connectivity index (χ1v) is 7.91. The molecule has 2 N–H and O–H groups in total. The monoisotopic (exact) mass is 258 g/mol. The lowest BCUT2D eigenvalue weighted by atomic mass is 9.86. The molecule has 1 aliphatic heterocycles. The van der Waals surface area contributed by atoms with Gasteiger partial charge in [0, 0.05) is 18.8 Å². The van der Waals surface area contributed by atoms with Gasteiger partial charge in [-0.1, -0.05) is 44.2 Å². The average Bonchev–Trinajstić information content (AvgIpc) is 2.47. The zero-order valence-electron chi connectivity index (χ0n) is 11.9. The number of rotatable bonds is 3. The Hall–Kier alpha value is -1.02. The lowest BCUT2D eigenvalue weighted by Gasteiger charge is -2.31. The van der Waals surface area contributed by atoms with Crippen molar-refractivity contribution in [3.8, 4) is 0 Å². The molecule has 2 aliphatic rings. The fraction of sp³-hybridized carbons (Fsp3) is 0.647. The van der Waals surface area contributed by atoms with E-state index in [9.17, 15) is 0 Å². The predicted octanol–water partition coefficient (Wildman–Crippen LogP) is 3.60. The van der Waals surface area contributed by atoms with Crippen molar-refractivity contribution < 1.29 is 0 Å². The number of nitrogen functional groups attached to an aromatic ring is 1. The molecule has 0 amide bonds. The number of anilines is 1. The summed E-state index contributed by atoms with van der Waals surface area (Å²) in [7, 11) is 0. The number of nitrogens with zero attached hydrogens (tertiary/aromatic N) is 1. The highest BCUT2D eigenvalue weighted by molar-refractivity contribution is 5.51. The molecule has 0 radical (unpaired) electrons. The van der Waals surface area contributed by atoms with E-state index in [4.69, 9.17) is 5.73 Å². The number of nitrogens with two attached hydrogens (primary N) is 1. The summed E-state index contributed by atoms with van der Waals surface area (Å²) in [5.74, 6) is 0.989. The highest BCUT2D eigenvalue weighted by Gasteiger charge is 2.19. The van der Waals surface area contributed by atoms with Crippen LogP contribution in [0.25, 0.3) is 0 Å². The first-order chi connectivity index (χ1) is 9.33. The van der Waals surface area contributed by atoms with E-state index in [-0.39, 0.29) is 0 Å². The van der Waals surface area contributed by atoms with E-state index in [1.807, 2.05) is 6.07 Å². The summed E-state index contributed by atoms with van der Waals surface area (Å²) in [6, 6.07) is 6.37. The molecule has 1 aliphatic carbocycles. The summed E-state index contributed by atoms with van der Waals surface area (Å²) >= 11 is 0. The van der Waals surface area contributed by atoms with E-state index in [1.54, 1.807) is 0 Å². The quantitative estimate of drug-likeness (QED) is 0.839. The van der Waals surface area contributed by atoms with E-state index in [0.717, 1.165) is 18.2 Å². The Morgan fingerprint density at radius 1 is 1.16 bits per heavy atom. The third-order valence-electron chi connectivity index (χ3n) is 4.97. The van der Waals surface area contributed by atoms with Gasteiger partial charge in [0.1, 0.15) is 0 Å². The van der Waals surface area contributed by atoms with Gasteiger partial charge in [-0.25, -0.2) is 0 Å². The van der Waals surface area contributed by atoms with Crippen LogP contribution in [-0.4, -0.2) is 18.0 Å². The van der Waals surface area contributed by atoms with Crippen molar-refractivity contribution in [2.45, 2.75) is 51.5 Å². The molecular weight excluding hydrogens is 232 g/mol. The van der Waals surface area contributed by atoms with Crippen LogP contribution in [0.2, 0.25) is 0 Å².